The van der Waals surface area contributed by atoms with Gasteiger partial charge in [-0.1, -0.05) is 6.92 Å². The first-order chi connectivity index (χ1) is 5.15. The number of hydrogen-bond acceptors (Lipinski definition) is 2. The average molecular weight is 264 g/mol. The highest BCUT2D eigenvalue weighted by molar-refractivity contribution is 14.1. The zero-order chi connectivity index (χ0) is 8.43. The van der Waals surface area contributed by atoms with Crippen molar-refractivity contribution in [2.75, 3.05) is 0 Å². The molecule has 1 aromatic heterocycles. The summed E-state index contributed by atoms with van der Waals surface area (Å²) in [6, 6.07) is 1.82. The van der Waals surface area contributed by atoms with Crippen LogP contribution in [0.1, 0.15) is 12.6 Å². The number of halogens is 1. The summed E-state index contributed by atoms with van der Waals surface area (Å²) in [7, 11) is 1.67. The Kier molecular flexibility index (Phi) is 2.64. The van der Waals surface area contributed by atoms with Crippen molar-refractivity contribution < 1.29 is 0 Å². The van der Waals surface area contributed by atoms with Crippen LogP contribution in [-0.4, -0.2) is 9.78 Å². The summed E-state index contributed by atoms with van der Waals surface area (Å²) in [5, 5.41) is 4.05. The van der Waals surface area contributed by atoms with Crippen molar-refractivity contribution in [3.8, 4) is 0 Å². The topological polar surface area (TPSA) is 34.9 Å². The third-order valence-electron chi connectivity index (χ3n) is 1.43. The van der Waals surface area contributed by atoms with Gasteiger partial charge in [-0.15, -0.1) is 0 Å². The van der Waals surface area contributed by atoms with Gasteiger partial charge in [0.2, 0.25) is 0 Å². The summed E-state index contributed by atoms with van der Waals surface area (Å²) in [4.78, 5) is 11.1. The zero-order valence-corrected chi connectivity index (χ0v) is 8.62. The minimum Gasteiger partial charge on any atom is -0.267 e. The van der Waals surface area contributed by atoms with E-state index < -0.39 is 0 Å². The number of aryl methyl sites for hydroxylation is 2. The van der Waals surface area contributed by atoms with Crippen molar-refractivity contribution in [3.63, 3.8) is 0 Å². The predicted molar refractivity (Wildman–Crippen MR) is 51.6 cm³/mol. The van der Waals surface area contributed by atoms with Gasteiger partial charge in [-0.05, 0) is 35.1 Å². The van der Waals surface area contributed by atoms with Gasteiger partial charge < -0.3 is 0 Å². The molecule has 0 aliphatic rings. The van der Waals surface area contributed by atoms with E-state index in [9.17, 15) is 4.79 Å². The van der Waals surface area contributed by atoms with Gasteiger partial charge in [0.05, 0.1) is 9.26 Å². The minimum atomic E-state index is -0.0252. The van der Waals surface area contributed by atoms with Gasteiger partial charge in [-0.2, -0.15) is 5.10 Å². The van der Waals surface area contributed by atoms with E-state index in [1.165, 1.54) is 4.68 Å². The molecule has 0 saturated carbocycles. The standard InChI is InChI=1S/C7H9IN2O/c1-3-5-4-6(8)7(11)10(2)9-5/h4H,3H2,1-2H3. The highest BCUT2D eigenvalue weighted by Gasteiger charge is 2.00. The molecule has 1 aromatic rings. The molecule has 0 atom stereocenters. The summed E-state index contributed by atoms with van der Waals surface area (Å²) < 4.78 is 2.11. The van der Waals surface area contributed by atoms with Gasteiger partial charge in [-0.3, -0.25) is 4.79 Å². The summed E-state index contributed by atoms with van der Waals surface area (Å²) >= 11 is 2.03. The molecule has 0 saturated heterocycles. The molecule has 3 nitrogen and oxygen atoms in total. The molecule has 1 heterocycles. The van der Waals surface area contributed by atoms with Crippen molar-refractivity contribution in [2.24, 2.45) is 7.05 Å². The van der Waals surface area contributed by atoms with Crippen LogP contribution in [0.2, 0.25) is 0 Å². The smallest absolute Gasteiger partial charge is 0.267 e. The Morgan fingerprint density at radius 3 is 2.82 bits per heavy atom. The Morgan fingerprint density at radius 2 is 2.36 bits per heavy atom. The summed E-state index contributed by atoms with van der Waals surface area (Å²) in [6.45, 7) is 2.02. The highest BCUT2D eigenvalue weighted by Crippen LogP contribution is 1.99. The molecule has 0 aromatic carbocycles. The molecular formula is C7H9IN2O. The first-order valence-electron chi connectivity index (χ1n) is 3.38. The fraction of sp³-hybridized carbons (Fsp3) is 0.429. The monoisotopic (exact) mass is 264 g/mol. The normalized spacial score (nSPS) is 10.1. The Morgan fingerprint density at radius 1 is 1.73 bits per heavy atom. The second-order valence-corrected chi connectivity index (χ2v) is 3.43. The molecule has 1 rings (SSSR count). The molecular weight excluding hydrogens is 255 g/mol. The molecule has 0 spiro atoms. The van der Waals surface area contributed by atoms with E-state index in [0.717, 1.165) is 15.7 Å². The van der Waals surface area contributed by atoms with Crippen LogP contribution < -0.4 is 5.56 Å². The van der Waals surface area contributed by atoms with Crippen molar-refractivity contribution in [1.29, 1.82) is 0 Å². The highest BCUT2D eigenvalue weighted by atomic mass is 127. The van der Waals surface area contributed by atoms with Crippen LogP contribution in [0.25, 0.3) is 0 Å². The number of nitrogens with zero attached hydrogens (tertiary/aromatic N) is 2. The predicted octanol–water partition coefficient (Wildman–Crippen LogP) is 0.947. The molecule has 0 unspecified atom stereocenters. The lowest BCUT2D eigenvalue weighted by atomic mass is 10.3. The van der Waals surface area contributed by atoms with Gasteiger partial charge in [0.1, 0.15) is 0 Å². The maximum Gasteiger partial charge on any atom is 0.279 e. The quantitative estimate of drug-likeness (QED) is 0.708. The lowest BCUT2D eigenvalue weighted by Gasteiger charge is -1.99. The molecule has 0 aliphatic heterocycles. The lowest BCUT2D eigenvalue weighted by molar-refractivity contribution is 0.676. The summed E-state index contributed by atoms with van der Waals surface area (Å²) in [5.41, 5.74) is 0.930. The van der Waals surface area contributed by atoms with Crippen molar-refractivity contribution in [3.05, 3.63) is 25.7 Å². The zero-order valence-electron chi connectivity index (χ0n) is 6.47. The number of aromatic nitrogens is 2. The van der Waals surface area contributed by atoms with Crippen molar-refractivity contribution in [1.82, 2.24) is 9.78 Å². The average Bonchev–Trinajstić information content (AvgIpc) is 1.99. The van der Waals surface area contributed by atoms with Gasteiger partial charge in [0, 0.05) is 7.05 Å². The fourth-order valence-electron chi connectivity index (χ4n) is 0.802. The molecule has 0 fully saturated rings. The summed E-state index contributed by atoms with van der Waals surface area (Å²) in [6.07, 6.45) is 0.865. The van der Waals surface area contributed by atoms with Crippen molar-refractivity contribution in [2.45, 2.75) is 13.3 Å². The maximum atomic E-state index is 11.1. The van der Waals surface area contributed by atoms with E-state index in [1.807, 2.05) is 35.6 Å². The van der Waals surface area contributed by atoms with E-state index in [0.29, 0.717) is 0 Å². The van der Waals surface area contributed by atoms with Crippen LogP contribution in [0.15, 0.2) is 10.9 Å². The fourth-order valence-corrected chi connectivity index (χ4v) is 1.51. The van der Waals surface area contributed by atoms with Crippen LogP contribution in [0.5, 0.6) is 0 Å². The van der Waals surface area contributed by atoms with Gasteiger partial charge in [-0.25, -0.2) is 4.68 Å². The van der Waals surface area contributed by atoms with Crippen LogP contribution in [0.3, 0.4) is 0 Å². The van der Waals surface area contributed by atoms with E-state index in [-0.39, 0.29) is 5.56 Å². The van der Waals surface area contributed by atoms with Crippen LogP contribution >= 0.6 is 22.6 Å². The van der Waals surface area contributed by atoms with Gasteiger partial charge >= 0.3 is 0 Å². The Labute approximate surface area is 78.6 Å². The number of rotatable bonds is 1. The van der Waals surface area contributed by atoms with E-state index in [2.05, 4.69) is 5.10 Å². The van der Waals surface area contributed by atoms with Crippen molar-refractivity contribution >= 4 is 22.6 Å². The second-order valence-electron chi connectivity index (χ2n) is 2.27. The Balaban J connectivity index is 3.32. The molecule has 11 heavy (non-hydrogen) atoms. The van der Waals surface area contributed by atoms with Crippen LogP contribution in [0, 0.1) is 3.57 Å². The van der Waals surface area contributed by atoms with E-state index in [4.69, 9.17) is 0 Å². The molecule has 0 bridgehead atoms. The molecule has 0 N–H and O–H groups in total. The van der Waals surface area contributed by atoms with Gasteiger partial charge in [0.15, 0.2) is 0 Å². The molecule has 0 amide bonds. The van der Waals surface area contributed by atoms with Gasteiger partial charge in [0.25, 0.3) is 5.56 Å². The van der Waals surface area contributed by atoms with E-state index >= 15 is 0 Å². The second kappa shape index (κ2) is 3.34. The first-order valence-corrected chi connectivity index (χ1v) is 4.45. The molecule has 0 aliphatic carbocycles. The number of hydrogen-bond donors (Lipinski definition) is 0. The lowest BCUT2D eigenvalue weighted by Crippen LogP contribution is -2.22. The third-order valence-corrected chi connectivity index (χ3v) is 2.21. The molecule has 4 heteroatoms. The first kappa shape index (κ1) is 8.70. The summed E-state index contributed by atoms with van der Waals surface area (Å²) in [5.74, 6) is 0. The van der Waals surface area contributed by atoms with Crippen LogP contribution in [-0.2, 0) is 13.5 Å². The minimum absolute atomic E-state index is 0.0252. The Hall–Kier alpha value is -0.390. The molecule has 0 radical (unpaired) electrons. The van der Waals surface area contributed by atoms with Crippen LogP contribution in [0.4, 0.5) is 0 Å². The molecule has 60 valence electrons. The SMILES string of the molecule is CCc1cc(I)c(=O)n(C)n1. The maximum absolute atomic E-state index is 11.1. The third kappa shape index (κ3) is 1.79. The van der Waals surface area contributed by atoms with E-state index in [1.54, 1.807) is 7.05 Å². The largest absolute Gasteiger partial charge is 0.279 e. The Bertz CT molecular complexity index is 292.